The summed E-state index contributed by atoms with van der Waals surface area (Å²) in [5.41, 5.74) is 8.52. The van der Waals surface area contributed by atoms with Crippen LogP contribution in [0.3, 0.4) is 0 Å². The van der Waals surface area contributed by atoms with Crippen molar-refractivity contribution < 1.29 is 4.79 Å². The molecule has 6 rings (SSSR count). The number of hydrogen-bond acceptors (Lipinski definition) is 5. The van der Waals surface area contributed by atoms with E-state index < -0.39 is 0 Å². The minimum absolute atomic E-state index is 0.142. The van der Waals surface area contributed by atoms with Crippen LogP contribution < -0.4 is 15.8 Å². The molecule has 2 heterocycles. The molecule has 1 aromatic heterocycles. The van der Waals surface area contributed by atoms with Crippen LogP contribution in [0.25, 0.3) is 11.1 Å². The summed E-state index contributed by atoms with van der Waals surface area (Å²) in [5, 5.41) is 3.10. The standard InChI is InChI=1S/C41H57N5O2/c1-7-46(36-16-14-35(15-17-36)44(5)6)39-24-34(23-37(29(39)4)40(47)42-25-38-27(2)22-28(3)43-41(38)48)31-10-8-30(9-11-31)26-45-20-18-32-12-13-33(32)19-21-45/h8-11,22-24,32-33,35-36H,7,12-21,25-26H2,1-6H3,(H,42,47)(H,43,48). The maximum Gasteiger partial charge on any atom is 0.253 e. The van der Waals surface area contributed by atoms with E-state index in [-0.39, 0.29) is 18.0 Å². The summed E-state index contributed by atoms with van der Waals surface area (Å²) >= 11 is 0. The van der Waals surface area contributed by atoms with Crippen LogP contribution >= 0.6 is 0 Å². The second kappa shape index (κ2) is 15.0. The molecule has 3 aliphatic rings. The average Bonchev–Trinajstić information content (AvgIpc) is 3.18. The molecule has 1 amide bonds. The number of anilines is 1. The Morgan fingerprint density at radius 3 is 2.08 bits per heavy atom. The molecule has 3 aromatic rings. The fourth-order valence-electron chi connectivity index (χ4n) is 8.70. The number of aromatic nitrogens is 1. The Kier molecular flexibility index (Phi) is 10.8. The van der Waals surface area contributed by atoms with E-state index in [0.29, 0.717) is 23.2 Å². The molecule has 0 radical (unpaired) electrons. The van der Waals surface area contributed by atoms with Gasteiger partial charge in [0.15, 0.2) is 0 Å². The Morgan fingerprint density at radius 2 is 1.50 bits per heavy atom. The molecular formula is C41H57N5O2. The van der Waals surface area contributed by atoms with E-state index in [4.69, 9.17) is 0 Å². The summed E-state index contributed by atoms with van der Waals surface area (Å²) in [6.45, 7) is 12.6. The minimum Gasteiger partial charge on any atom is -0.369 e. The molecule has 2 saturated carbocycles. The number of amides is 1. The van der Waals surface area contributed by atoms with Gasteiger partial charge in [0.05, 0.1) is 0 Å². The largest absolute Gasteiger partial charge is 0.369 e. The summed E-state index contributed by atoms with van der Waals surface area (Å²) in [6.07, 6.45) is 10.2. The van der Waals surface area contributed by atoms with E-state index in [1.807, 2.05) is 19.9 Å². The van der Waals surface area contributed by atoms with Gasteiger partial charge in [-0.05, 0) is 164 Å². The molecule has 1 aliphatic heterocycles. The monoisotopic (exact) mass is 651 g/mol. The summed E-state index contributed by atoms with van der Waals surface area (Å²) < 4.78 is 0. The molecule has 1 saturated heterocycles. The minimum atomic E-state index is -0.144. The van der Waals surface area contributed by atoms with Crippen molar-refractivity contribution in [3.63, 3.8) is 0 Å². The normalized spacial score (nSPS) is 22.9. The maximum atomic E-state index is 14.0. The number of likely N-dealkylation sites (tertiary alicyclic amines) is 1. The van der Waals surface area contributed by atoms with Crippen molar-refractivity contribution in [1.29, 1.82) is 0 Å². The van der Waals surface area contributed by atoms with E-state index in [1.54, 1.807) is 0 Å². The van der Waals surface area contributed by atoms with E-state index in [0.717, 1.165) is 71.4 Å². The number of rotatable bonds is 10. The summed E-state index contributed by atoms with van der Waals surface area (Å²) in [7, 11) is 4.38. The fourth-order valence-corrected chi connectivity index (χ4v) is 8.70. The first-order valence-corrected chi connectivity index (χ1v) is 18.5. The van der Waals surface area contributed by atoms with Crippen molar-refractivity contribution in [2.24, 2.45) is 11.8 Å². The van der Waals surface area contributed by atoms with Gasteiger partial charge < -0.3 is 20.1 Å². The molecule has 0 bridgehead atoms. The van der Waals surface area contributed by atoms with Crippen LogP contribution in [0.1, 0.15) is 96.6 Å². The van der Waals surface area contributed by atoms with Crippen molar-refractivity contribution in [3.8, 4) is 11.1 Å². The zero-order chi connectivity index (χ0) is 33.9. The molecule has 0 spiro atoms. The number of carbonyl (C=O) groups excluding carboxylic acids is 1. The molecule has 2 unspecified atom stereocenters. The molecule has 7 heteroatoms. The number of benzene rings is 2. The summed E-state index contributed by atoms with van der Waals surface area (Å²) in [6, 6.07) is 16.4. The average molecular weight is 652 g/mol. The third-order valence-electron chi connectivity index (χ3n) is 11.9. The van der Waals surface area contributed by atoms with Crippen LogP contribution in [-0.2, 0) is 13.1 Å². The summed E-state index contributed by atoms with van der Waals surface area (Å²) in [5.74, 6) is 1.78. The van der Waals surface area contributed by atoms with E-state index in [1.165, 1.54) is 57.2 Å². The number of H-pyrrole nitrogens is 1. The molecule has 2 N–H and O–H groups in total. The zero-order valence-corrected chi connectivity index (χ0v) is 30.2. The fraction of sp³-hybridized carbons (Fsp3) is 0.561. The third-order valence-corrected chi connectivity index (χ3v) is 11.9. The number of fused-ring (bicyclic) bond motifs is 1. The maximum absolute atomic E-state index is 14.0. The highest BCUT2D eigenvalue weighted by Crippen LogP contribution is 2.41. The lowest BCUT2D eigenvalue weighted by atomic mass is 9.71. The van der Waals surface area contributed by atoms with Crippen LogP contribution in [0.5, 0.6) is 0 Å². The van der Waals surface area contributed by atoms with Gasteiger partial charge in [-0.25, -0.2) is 0 Å². The highest BCUT2D eigenvalue weighted by Gasteiger charge is 2.33. The van der Waals surface area contributed by atoms with E-state index >= 15 is 0 Å². The molecule has 258 valence electrons. The van der Waals surface area contributed by atoms with Crippen LogP contribution in [0.4, 0.5) is 5.69 Å². The third kappa shape index (κ3) is 7.58. The number of aryl methyl sites for hydroxylation is 2. The van der Waals surface area contributed by atoms with Gasteiger partial charge in [0.1, 0.15) is 0 Å². The van der Waals surface area contributed by atoms with Crippen molar-refractivity contribution in [1.82, 2.24) is 20.1 Å². The van der Waals surface area contributed by atoms with Gasteiger partial charge >= 0.3 is 0 Å². The Balaban J connectivity index is 1.27. The first-order valence-electron chi connectivity index (χ1n) is 18.5. The number of nitrogens with zero attached hydrogens (tertiary/aromatic N) is 3. The Labute approximate surface area is 288 Å². The Bertz CT molecular complexity index is 1620. The van der Waals surface area contributed by atoms with Gasteiger partial charge in [-0.15, -0.1) is 0 Å². The zero-order valence-electron chi connectivity index (χ0n) is 30.2. The van der Waals surface area contributed by atoms with Crippen molar-refractivity contribution in [2.45, 2.75) is 104 Å². The number of pyridine rings is 1. The first kappa shape index (κ1) is 34.4. The smallest absolute Gasteiger partial charge is 0.253 e. The molecular weight excluding hydrogens is 594 g/mol. The van der Waals surface area contributed by atoms with Crippen molar-refractivity contribution in [2.75, 3.05) is 38.6 Å². The lowest BCUT2D eigenvalue weighted by Gasteiger charge is -2.40. The predicted octanol–water partition coefficient (Wildman–Crippen LogP) is 7.22. The Morgan fingerprint density at radius 1 is 0.854 bits per heavy atom. The van der Waals surface area contributed by atoms with E-state index in [2.05, 4.69) is 89.3 Å². The predicted molar refractivity (Wildman–Crippen MR) is 198 cm³/mol. The second-order valence-electron chi connectivity index (χ2n) is 15.2. The van der Waals surface area contributed by atoms with Gasteiger partial charge in [-0.3, -0.25) is 14.5 Å². The van der Waals surface area contributed by atoms with Crippen molar-refractivity contribution in [3.05, 3.63) is 86.3 Å². The number of nitrogens with one attached hydrogen (secondary N) is 2. The molecule has 7 nitrogen and oxygen atoms in total. The molecule has 2 aliphatic carbocycles. The molecule has 2 aromatic carbocycles. The number of carbonyl (C=O) groups is 1. The topological polar surface area (TPSA) is 71.7 Å². The van der Waals surface area contributed by atoms with Gasteiger partial charge in [0, 0.05) is 54.2 Å². The van der Waals surface area contributed by atoms with Crippen molar-refractivity contribution >= 4 is 11.6 Å². The van der Waals surface area contributed by atoms with Gasteiger partial charge in [0.25, 0.3) is 11.5 Å². The highest BCUT2D eigenvalue weighted by molar-refractivity contribution is 5.99. The quantitative estimate of drug-likeness (QED) is 0.242. The lowest BCUT2D eigenvalue weighted by Crippen LogP contribution is -2.42. The SMILES string of the molecule is CCN(c1cc(-c2ccc(CN3CCC4CCC4CC3)cc2)cc(C(=O)NCc2c(C)cc(C)[nH]c2=O)c1C)C1CCC(N(C)C)CC1. The second-order valence-corrected chi connectivity index (χ2v) is 15.2. The molecule has 2 atom stereocenters. The van der Waals surface area contributed by atoms with Crippen LogP contribution in [0.15, 0.2) is 47.3 Å². The number of hydrogen-bond donors (Lipinski definition) is 2. The molecule has 48 heavy (non-hydrogen) atoms. The Hall–Kier alpha value is -3.42. The molecule has 3 fully saturated rings. The van der Waals surface area contributed by atoms with Crippen LogP contribution in [0.2, 0.25) is 0 Å². The van der Waals surface area contributed by atoms with E-state index in [9.17, 15) is 9.59 Å². The van der Waals surface area contributed by atoms with Crippen LogP contribution in [0, 0.1) is 32.6 Å². The highest BCUT2D eigenvalue weighted by atomic mass is 16.1. The number of aromatic amines is 1. The van der Waals surface area contributed by atoms with Gasteiger partial charge in [-0.2, -0.15) is 0 Å². The lowest BCUT2D eigenvalue weighted by molar-refractivity contribution is 0.0950. The van der Waals surface area contributed by atoms with Gasteiger partial charge in [0.2, 0.25) is 0 Å². The summed E-state index contributed by atoms with van der Waals surface area (Å²) in [4.78, 5) is 37.1. The first-order chi connectivity index (χ1) is 23.1. The van der Waals surface area contributed by atoms with Crippen LogP contribution in [-0.4, -0.2) is 66.5 Å². The van der Waals surface area contributed by atoms with Gasteiger partial charge in [-0.1, -0.05) is 24.3 Å².